The fourth-order valence-electron chi connectivity index (χ4n) is 4.08. The maximum Gasteiger partial charge on any atom is 0.306 e. The van der Waals surface area contributed by atoms with Crippen molar-refractivity contribution in [1.82, 2.24) is 0 Å². The van der Waals surface area contributed by atoms with E-state index in [2.05, 4.69) is 62.5 Å². The van der Waals surface area contributed by atoms with Gasteiger partial charge in [0.2, 0.25) is 0 Å². The van der Waals surface area contributed by atoms with Gasteiger partial charge in [0.15, 0.2) is 0 Å². The molecule has 0 spiro atoms. The highest BCUT2D eigenvalue weighted by Crippen LogP contribution is 2.11. The minimum absolute atomic E-state index is 0.179. The molecular weight excluding hydrogens is 472 g/mol. The number of carbonyl (C=O) groups is 1. The van der Waals surface area contributed by atoms with Crippen LogP contribution in [0.25, 0.3) is 0 Å². The van der Waals surface area contributed by atoms with Crippen molar-refractivity contribution >= 4 is 5.97 Å². The van der Waals surface area contributed by atoms with Crippen LogP contribution in [-0.2, 0) is 14.3 Å². The van der Waals surface area contributed by atoms with E-state index in [0.717, 1.165) is 57.8 Å². The van der Waals surface area contributed by atoms with Gasteiger partial charge >= 0.3 is 5.97 Å². The molecule has 4 nitrogen and oxygen atoms in total. The molecule has 1 N–H and O–H groups in total. The molecule has 0 aromatic carbocycles. The van der Waals surface area contributed by atoms with Crippen LogP contribution in [0.2, 0.25) is 0 Å². The SMILES string of the molecule is CC/C=C\C/C=C\C/C=C\C/C=C\CCCCCCCCC(=O)OC(CO)COCCCCCCCCC. The fourth-order valence-corrected chi connectivity index (χ4v) is 4.08. The monoisotopic (exact) mass is 532 g/mol. The molecule has 0 aliphatic heterocycles. The molecule has 38 heavy (non-hydrogen) atoms. The molecule has 0 bridgehead atoms. The van der Waals surface area contributed by atoms with Crippen molar-refractivity contribution in [3.8, 4) is 0 Å². The number of unbranched alkanes of at least 4 members (excludes halogenated alkanes) is 12. The van der Waals surface area contributed by atoms with Crippen LogP contribution < -0.4 is 0 Å². The Morgan fingerprint density at radius 2 is 1.18 bits per heavy atom. The highest BCUT2D eigenvalue weighted by Gasteiger charge is 2.13. The average molecular weight is 533 g/mol. The molecule has 0 amide bonds. The number of allylic oxidation sites excluding steroid dienone is 8. The van der Waals surface area contributed by atoms with Crippen molar-refractivity contribution in [1.29, 1.82) is 0 Å². The Hall–Kier alpha value is -1.65. The Labute approximate surface area is 235 Å². The Morgan fingerprint density at radius 3 is 1.79 bits per heavy atom. The number of aliphatic hydroxyl groups excluding tert-OH is 1. The van der Waals surface area contributed by atoms with Crippen LogP contribution in [0.1, 0.15) is 136 Å². The van der Waals surface area contributed by atoms with Crippen LogP contribution in [0, 0.1) is 0 Å². The molecule has 0 saturated heterocycles. The third-order valence-corrected chi connectivity index (χ3v) is 6.42. The number of aliphatic hydroxyl groups is 1. The van der Waals surface area contributed by atoms with Crippen molar-refractivity contribution in [3.63, 3.8) is 0 Å². The molecule has 0 heterocycles. The molecule has 0 rings (SSSR count). The molecular formula is C34H60O4. The van der Waals surface area contributed by atoms with Crippen LogP contribution in [0.3, 0.4) is 0 Å². The smallest absolute Gasteiger partial charge is 0.306 e. The van der Waals surface area contributed by atoms with E-state index in [1.54, 1.807) is 0 Å². The van der Waals surface area contributed by atoms with E-state index in [-0.39, 0.29) is 19.2 Å². The lowest BCUT2D eigenvalue weighted by molar-refractivity contribution is -0.154. The van der Waals surface area contributed by atoms with E-state index in [1.165, 1.54) is 57.8 Å². The van der Waals surface area contributed by atoms with E-state index in [4.69, 9.17) is 9.47 Å². The van der Waals surface area contributed by atoms with E-state index in [9.17, 15) is 9.90 Å². The summed E-state index contributed by atoms with van der Waals surface area (Å²) in [5.74, 6) is -0.220. The van der Waals surface area contributed by atoms with Gasteiger partial charge in [-0.05, 0) is 51.4 Å². The van der Waals surface area contributed by atoms with Gasteiger partial charge in [0.05, 0.1) is 13.2 Å². The summed E-state index contributed by atoms with van der Waals surface area (Å²) in [5.41, 5.74) is 0. The minimum atomic E-state index is -0.537. The Balaban J connectivity index is 3.52. The van der Waals surface area contributed by atoms with Gasteiger partial charge in [-0.2, -0.15) is 0 Å². The summed E-state index contributed by atoms with van der Waals surface area (Å²) in [6, 6.07) is 0. The molecule has 0 fully saturated rings. The molecule has 0 radical (unpaired) electrons. The van der Waals surface area contributed by atoms with Crippen molar-refractivity contribution in [2.24, 2.45) is 0 Å². The second-order valence-corrected chi connectivity index (χ2v) is 10.2. The third kappa shape index (κ3) is 28.9. The quantitative estimate of drug-likeness (QED) is 0.0619. The van der Waals surface area contributed by atoms with Gasteiger partial charge in [0, 0.05) is 13.0 Å². The van der Waals surface area contributed by atoms with Crippen LogP contribution >= 0.6 is 0 Å². The zero-order chi connectivity index (χ0) is 27.8. The summed E-state index contributed by atoms with van der Waals surface area (Å²) in [6.07, 6.45) is 38.6. The summed E-state index contributed by atoms with van der Waals surface area (Å²) >= 11 is 0. The number of esters is 1. The van der Waals surface area contributed by atoms with Crippen molar-refractivity contribution in [2.45, 2.75) is 142 Å². The molecule has 4 heteroatoms. The number of hydrogen-bond donors (Lipinski definition) is 1. The summed E-state index contributed by atoms with van der Waals surface area (Å²) in [4.78, 5) is 12.0. The van der Waals surface area contributed by atoms with Crippen molar-refractivity contribution in [2.75, 3.05) is 19.8 Å². The molecule has 220 valence electrons. The molecule has 0 aromatic rings. The Kier molecular flexibility index (Phi) is 30.2. The van der Waals surface area contributed by atoms with Gasteiger partial charge in [0.25, 0.3) is 0 Å². The zero-order valence-electron chi connectivity index (χ0n) is 24.9. The molecule has 0 aromatic heterocycles. The van der Waals surface area contributed by atoms with Gasteiger partial charge in [0.1, 0.15) is 6.10 Å². The molecule has 0 saturated carbocycles. The predicted octanol–water partition coefficient (Wildman–Crippen LogP) is 9.58. The first-order valence-corrected chi connectivity index (χ1v) is 15.7. The summed E-state index contributed by atoms with van der Waals surface area (Å²) in [7, 11) is 0. The number of hydrogen-bond acceptors (Lipinski definition) is 4. The molecule has 1 unspecified atom stereocenters. The number of carbonyl (C=O) groups excluding carboxylic acids is 1. The Morgan fingerprint density at radius 1 is 0.658 bits per heavy atom. The highest BCUT2D eigenvalue weighted by molar-refractivity contribution is 5.69. The normalized spacial score (nSPS) is 13.0. The second kappa shape index (κ2) is 31.6. The molecule has 0 aliphatic rings. The minimum Gasteiger partial charge on any atom is -0.457 e. The van der Waals surface area contributed by atoms with Crippen LogP contribution in [0.4, 0.5) is 0 Å². The van der Waals surface area contributed by atoms with Crippen molar-refractivity contribution < 1.29 is 19.4 Å². The second-order valence-electron chi connectivity index (χ2n) is 10.2. The summed E-state index contributed by atoms with van der Waals surface area (Å²) < 4.78 is 11.0. The summed E-state index contributed by atoms with van der Waals surface area (Å²) in [5, 5.41) is 9.46. The van der Waals surface area contributed by atoms with Crippen molar-refractivity contribution in [3.05, 3.63) is 48.6 Å². The van der Waals surface area contributed by atoms with Gasteiger partial charge in [-0.3, -0.25) is 4.79 Å². The van der Waals surface area contributed by atoms with Crippen LogP contribution in [0.15, 0.2) is 48.6 Å². The van der Waals surface area contributed by atoms with E-state index in [0.29, 0.717) is 13.0 Å². The number of rotatable bonds is 28. The summed E-state index contributed by atoms with van der Waals surface area (Å²) in [6.45, 7) is 5.17. The van der Waals surface area contributed by atoms with Crippen LogP contribution in [-0.4, -0.2) is 37.0 Å². The topological polar surface area (TPSA) is 55.8 Å². The lowest BCUT2D eigenvalue weighted by atomic mass is 10.1. The van der Waals surface area contributed by atoms with Gasteiger partial charge in [-0.25, -0.2) is 0 Å². The first kappa shape index (κ1) is 36.4. The van der Waals surface area contributed by atoms with Crippen LogP contribution in [0.5, 0.6) is 0 Å². The molecule has 1 atom stereocenters. The maximum atomic E-state index is 12.0. The van der Waals surface area contributed by atoms with E-state index in [1.807, 2.05) is 0 Å². The fraction of sp³-hybridized carbons (Fsp3) is 0.735. The number of ether oxygens (including phenoxy) is 2. The average Bonchev–Trinajstić information content (AvgIpc) is 2.92. The lowest BCUT2D eigenvalue weighted by Gasteiger charge is -2.15. The zero-order valence-corrected chi connectivity index (χ0v) is 24.9. The highest BCUT2D eigenvalue weighted by atomic mass is 16.6. The third-order valence-electron chi connectivity index (χ3n) is 6.42. The predicted molar refractivity (Wildman–Crippen MR) is 163 cm³/mol. The first-order valence-electron chi connectivity index (χ1n) is 15.7. The first-order chi connectivity index (χ1) is 18.7. The van der Waals surface area contributed by atoms with Gasteiger partial charge in [-0.1, -0.05) is 127 Å². The van der Waals surface area contributed by atoms with Gasteiger partial charge in [-0.15, -0.1) is 0 Å². The standard InChI is InChI=1S/C34H60O4/c1-3-5-7-9-11-12-13-14-15-16-17-18-19-20-21-22-23-25-27-29-34(36)38-33(31-35)32-37-30-28-26-24-10-8-6-4-2/h5,7,11-12,14-15,17-18,33,35H,3-4,6,8-10,13,16,19-32H2,1-2H3/b7-5-,12-11-,15-14-,18-17-. The lowest BCUT2D eigenvalue weighted by Crippen LogP contribution is -2.27. The maximum absolute atomic E-state index is 12.0. The molecule has 0 aliphatic carbocycles. The van der Waals surface area contributed by atoms with Gasteiger partial charge < -0.3 is 14.6 Å². The van der Waals surface area contributed by atoms with E-state index >= 15 is 0 Å². The Bertz CT molecular complexity index is 606. The largest absolute Gasteiger partial charge is 0.457 e. The van der Waals surface area contributed by atoms with E-state index < -0.39 is 6.10 Å².